The Morgan fingerprint density at radius 1 is 0.586 bits per heavy atom. The van der Waals surface area contributed by atoms with Crippen LogP contribution in [0, 0.1) is 0 Å². The second-order valence-corrected chi connectivity index (χ2v) is 7.06. The topological polar surface area (TPSA) is 196 Å². The molecular weight excluding hydrogens is 394 g/mol. The fourth-order valence-corrected chi connectivity index (χ4v) is 2.74. The normalized spacial score (nSPS) is 11.8. The highest BCUT2D eigenvalue weighted by atomic mass is 16.4. The molecule has 0 bridgehead atoms. The Morgan fingerprint density at radius 3 is 1.24 bits per heavy atom. The highest BCUT2D eigenvalue weighted by molar-refractivity contribution is 5.73. The molecule has 0 amide bonds. The lowest BCUT2D eigenvalue weighted by atomic mass is 10.0. The molecule has 0 saturated heterocycles. The third kappa shape index (κ3) is 12.3. The van der Waals surface area contributed by atoms with Crippen LogP contribution in [0.3, 0.4) is 0 Å². The summed E-state index contributed by atoms with van der Waals surface area (Å²) in [5.74, 6) is -6.20. The predicted octanol–water partition coefficient (Wildman–Crippen LogP) is -1.91. The first kappa shape index (κ1) is 26.2. The molecule has 13 heteroatoms. The maximum absolute atomic E-state index is 11.2. The quantitative estimate of drug-likeness (QED) is 0.185. The molecule has 0 aliphatic heterocycles. The van der Waals surface area contributed by atoms with E-state index in [1.165, 1.54) is 9.80 Å². The van der Waals surface area contributed by atoms with E-state index in [0.29, 0.717) is 0 Å². The Bertz CT molecular complexity index is 590. The first-order valence-corrected chi connectivity index (χ1v) is 8.51. The van der Waals surface area contributed by atoms with Crippen LogP contribution in [0.25, 0.3) is 0 Å². The minimum Gasteiger partial charge on any atom is -0.480 e. The van der Waals surface area contributed by atoms with Crippen LogP contribution in [0.4, 0.5) is 0 Å². The van der Waals surface area contributed by atoms with Gasteiger partial charge in [0.25, 0.3) is 0 Å². The van der Waals surface area contributed by atoms with Crippen LogP contribution in [-0.2, 0) is 24.0 Å². The number of carbonyl (C=O) groups is 5. The van der Waals surface area contributed by atoms with Gasteiger partial charge in [0.1, 0.15) is 0 Å². The van der Waals surface area contributed by atoms with Gasteiger partial charge in [0, 0.05) is 25.2 Å². The molecule has 0 atom stereocenters. The average Bonchev–Trinajstić information content (AvgIpc) is 2.48. The standard InChI is InChI=1S/C16H27N3O10/c1-16(2,19(8-14(26)27)9-15(28)29)10-18(7-13(24)25)4-3-17(5-11(20)21)6-12(22)23/h3-10H2,1-2H3,(H,20,21)(H,22,23)(H,24,25)(H,26,27)(H,28,29). The fourth-order valence-electron chi connectivity index (χ4n) is 2.74. The zero-order valence-corrected chi connectivity index (χ0v) is 16.3. The van der Waals surface area contributed by atoms with E-state index in [2.05, 4.69) is 0 Å². The molecule has 5 N–H and O–H groups in total. The van der Waals surface area contributed by atoms with Crippen molar-refractivity contribution in [3.05, 3.63) is 0 Å². The van der Waals surface area contributed by atoms with Crippen molar-refractivity contribution in [2.75, 3.05) is 52.4 Å². The van der Waals surface area contributed by atoms with E-state index in [0.717, 1.165) is 4.90 Å². The number of nitrogens with zero attached hydrogens (tertiary/aromatic N) is 3. The van der Waals surface area contributed by atoms with E-state index < -0.39 is 68.1 Å². The molecule has 0 heterocycles. The molecule has 0 spiro atoms. The predicted molar refractivity (Wildman–Crippen MR) is 96.7 cm³/mol. The maximum Gasteiger partial charge on any atom is 0.317 e. The molecule has 13 nitrogen and oxygen atoms in total. The van der Waals surface area contributed by atoms with Crippen LogP contribution < -0.4 is 0 Å². The molecule has 0 aromatic rings. The van der Waals surface area contributed by atoms with Crippen molar-refractivity contribution in [1.82, 2.24) is 14.7 Å². The molecule has 0 aliphatic rings. The van der Waals surface area contributed by atoms with Crippen molar-refractivity contribution in [2.45, 2.75) is 19.4 Å². The van der Waals surface area contributed by atoms with E-state index in [1.807, 2.05) is 0 Å². The van der Waals surface area contributed by atoms with E-state index in [9.17, 15) is 24.0 Å². The van der Waals surface area contributed by atoms with Gasteiger partial charge in [-0.05, 0) is 13.8 Å². The van der Waals surface area contributed by atoms with Gasteiger partial charge in [-0.25, -0.2) is 0 Å². The first-order chi connectivity index (χ1) is 13.2. The Balaban J connectivity index is 5.33. The number of rotatable bonds is 16. The molecule has 0 aromatic heterocycles. The summed E-state index contributed by atoms with van der Waals surface area (Å²) < 4.78 is 0. The maximum atomic E-state index is 11.2. The van der Waals surface area contributed by atoms with Crippen molar-refractivity contribution in [3.63, 3.8) is 0 Å². The Hall–Kier alpha value is -2.77. The van der Waals surface area contributed by atoms with Gasteiger partial charge in [0.15, 0.2) is 0 Å². The molecule has 0 aliphatic carbocycles. The molecule has 0 rings (SSSR count). The van der Waals surface area contributed by atoms with Gasteiger partial charge >= 0.3 is 29.8 Å². The van der Waals surface area contributed by atoms with Gasteiger partial charge in [-0.2, -0.15) is 0 Å². The molecule has 0 radical (unpaired) electrons. The van der Waals surface area contributed by atoms with Crippen LogP contribution in [0.1, 0.15) is 13.8 Å². The van der Waals surface area contributed by atoms with E-state index in [4.69, 9.17) is 25.5 Å². The summed E-state index contributed by atoms with van der Waals surface area (Å²) in [5.41, 5.74) is -1.06. The third-order valence-corrected chi connectivity index (χ3v) is 3.93. The van der Waals surface area contributed by atoms with Crippen molar-refractivity contribution in [1.29, 1.82) is 0 Å². The smallest absolute Gasteiger partial charge is 0.317 e. The van der Waals surface area contributed by atoms with Crippen molar-refractivity contribution >= 4 is 29.8 Å². The van der Waals surface area contributed by atoms with Gasteiger partial charge in [0.05, 0.1) is 32.7 Å². The van der Waals surface area contributed by atoms with Gasteiger partial charge in [-0.3, -0.25) is 38.7 Å². The van der Waals surface area contributed by atoms with Gasteiger partial charge in [0.2, 0.25) is 0 Å². The number of carboxylic acid groups (broad SMARTS) is 5. The molecule has 0 fully saturated rings. The van der Waals surface area contributed by atoms with Crippen molar-refractivity contribution in [2.24, 2.45) is 0 Å². The van der Waals surface area contributed by atoms with Gasteiger partial charge in [-0.15, -0.1) is 0 Å². The van der Waals surface area contributed by atoms with Gasteiger partial charge < -0.3 is 25.5 Å². The van der Waals surface area contributed by atoms with Crippen LogP contribution >= 0.6 is 0 Å². The molecular formula is C16H27N3O10. The zero-order chi connectivity index (χ0) is 22.8. The van der Waals surface area contributed by atoms with E-state index in [-0.39, 0.29) is 19.6 Å². The Morgan fingerprint density at radius 2 is 0.897 bits per heavy atom. The van der Waals surface area contributed by atoms with Gasteiger partial charge in [-0.1, -0.05) is 0 Å². The minimum atomic E-state index is -1.25. The van der Waals surface area contributed by atoms with Crippen LogP contribution in [0.2, 0.25) is 0 Å². The molecule has 0 unspecified atom stereocenters. The summed E-state index contributed by atoms with van der Waals surface area (Å²) in [6.07, 6.45) is 0. The summed E-state index contributed by atoms with van der Waals surface area (Å²) in [5, 5.41) is 44.9. The Kier molecular flexibility index (Phi) is 10.8. The zero-order valence-electron chi connectivity index (χ0n) is 16.3. The average molecular weight is 421 g/mol. The second-order valence-electron chi connectivity index (χ2n) is 7.06. The number of hydrogen-bond donors (Lipinski definition) is 5. The van der Waals surface area contributed by atoms with Crippen molar-refractivity contribution < 1.29 is 49.5 Å². The third-order valence-electron chi connectivity index (χ3n) is 3.93. The highest BCUT2D eigenvalue weighted by Crippen LogP contribution is 2.16. The lowest BCUT2D eigenvalue weighted by Crippen LogP contribution is -2.56. The summed E-state index contributed by atoms with van der Waals surface area (Å²) in [4.78, 5) is 58.7. The lowest BCUT2D eigenvalue weighted by Gasteiger charge is -2.40. The Labute approximate surface area is 166 Å². The van der Waals surface area contributed by atoms with Crippen LogP contribution in [-0.4, -0.2) is 128 Å². The van der Waals surface area contributed by atoms with Crippen molar-refractivity contribution in [3.8, 4) is 0 Å². The number of hydrogen-bond acceptors (Lipinski definition) is 8. The second kappa shape index (κ2) is 11.9. The SMILES string of the molecule is CC(C)(CN(CCN(CC(=O)O)CC(=O)O)CC(=O)O)N(CC(=O)O)CC(=O)O. The van der Waals surface area contributed by atoms with E-state index in [1.54, 1.807) is 13.8 Å². The van der Waals surface area contributed by atoms with Crippen LogP contribution in [0.15, 0.2) is 0 Å². The highest BCUT2D eigenvalue weighted by Gasteiger charge is 2.32. The largest absolute Gasteiger partial charge is 0.480 e. The molecule has 0 saturated carbocycles. The molecule has 29 heavy (non-hydrogen) atoms. The number of carboxylic acids is 5. The summed E-state index contributed by atoms with van der Waals surface area (Å²) in [6.45, 7) is 0.222. The van der Waals surface area contributed by atoms with Crippen LogP contribution in [0.5, 0.6) is 0 Å². The van der Waals surface area contributed by atoms with E-state index >= 15 is 0 Å². The first-order valence-electron chi connectivity index (χ1n) is 8.51. The lowest BCUT2D eigenvalue weighted by molar-refractivity contribution is -0.146. The summed E-state index contributed by atoms with van der Waals surface area (Å²) in [7, 11) is 0. The summed E-state index contributed by atoms with van der Waals surface area (Å²) >= 11 is 0. The molecule has 0 aromatic carbocycles. The minimum absolute atomic E-state index is 0.0235. The monoisotopic (exact) mass is 421 g/mol. The number of aliphatic carboxylic acids is 5. The molecule has 166 valence electrons. The fraction of sp³-hybridized carbons (Fsp3) is 0.688. The summed E-state index contributed by atoms with van der Waals surface area (Å²) in [6, 6.07) is 0.